The first-order chi connectivity index (χ1) is 13.0. The van der Waals surface area contributed by atoms with Gasteiger partial charge in [-0.25, -0.2) is 8.42 Å². The minimum Gasteiger partial charge on any atom is -0.278 e. The molecule has 27 heavy (non-hydrogen) atoms. The Labute approximate surface area is 159 Å². The molecule has 2 amide bonds. The summed E-state index contributed by atoms with van der Waals surface area (Å²) in [7, 11) is -3.81. The summed E-state index contributed by atoms with van der Waals surface area (Å²) in [5.41, 5.74) is 5.02. The molecule has 0 fully saturated rings. The number of thiophene rings is 1. The highest BCUT2D eigenvalue weighted by atomic mass is 32.2. The predicted molar refractivity (Wildman–Crippen MR) is 101 cm³/mol. The van der Waals surface area contributed by atoms with Gasteiger partial charge in [0.15, 0.2) is 0 Å². The maximum Gasteiger partial charge on any atom is 0.271 e. The second-order valence-corrected chi connectivity index (χ2v) is 8.08. The number of hydrogen-bond donors (Lipinski definition) is 3. The van der Waals surface area contributed by atoms with Crippen LogP contribution >= 0.6 is 11.3 Å². The van der Waals surface area contributed by atoms with Crippen molar-refractivity contribution in [1.82, 2.24) is 15.8 Å². The molecule has 3 N–H and O–H groups in total. The first-order valence-electron chi connectivity index (χ1n) is 7.63. The van der Waals surface area contributed by atoms with Crippen LogP contribution < -0.4 is 15.6 Å². The Hall–Kier alpha value is -3.24. The van der Waals surface area contributed by atoms with E-state index in [4.69, 9.17) is 0 Å². The number of benzene rings is 1. The standard InChI is InChI=1S/C17H14N4O4S2/c22-16(12-7-9-18-10-8-12)19-20-17(23)13-4-1-2-5-14(13)21-27(24,25)15-6-3-11-26-15/h1-11,21H,(H,19,22)(H,20,23). The molecule has 1 aromatic carbocycles. The minimum absolute atomic E-state index is 0.0626. The number of anilines is 1. The van der Waals surface area contributed by atoms with Crippen molar-refractivity contribution < 1.29 is 18.0 Å². The van der Waals surface area contributed by atoms with Crippen LogP contribution in [0.4, 0.5) is 5.69 Å². The zero-order valence-corrected chi connectivity index (χ0v) is 15.4. The van der Waals surface area contributed by atoms with Gasteiger partial charge in [-0.3, -0.25) is 30.1 Å². The summed E-state index contributed by atoms with van der Waals surface area (Å²) in [6.07, 6.45) is 2.90. The van der Waals surface area contributed by atoms with Gasteiger partial charge in [0.05, 0.1) is 11.3 Å². The quantitative estimate of drug-likeness (QED) is 0.565. The highest BCUT2D eigenvalue weighted by Gasteiger charge is 2.19. The highest BCUT2D eigenvalue weighted by molar-refractivity contribution is 7.94. The molecule has 0 saturated carbocycles. The molecule has 0 atom stereocenters. The van der Waals surface area contributed by atoms with Gasteiger partial charge in [0.25, 0.3) is 21.8 Å². The topological polar surface area (TPSA) is 117 Å². The zero-order chi connectivity index (χ0) is 19.3. The van der Waals surface area contributed by atoms with Crippen molar-refractivity contribution in [2.75, 3.05) is 4.72 Å². The summed E-state index contributed by atoms with van der Waals surface area (Å²) >= 11 is 1.06. The van der Waals surface area contributed by atoms with Gasteiger partial charge in [-0.2, -0.15) is 0 Å². The number of hydrazine groups is 1. The lowest BCUT2D eigenvalue weighted by Crippen LogP contribution is -2.41. The van der Waals surface area contributed by atoms with E-state index in [0.29, 0.717) is 5.56 Å². The molecule has 0 radical (unpaired) electrons. The lowest BCUT2D eigenvalue weighted by Gasteiger charge is -2.12. The van der Waals surface area contributed by atoms with Crippen LogP contribution in [0.15, 0.2) is 70.5 Å². The fourth-order valence-electron chi connectivity index (χ4n) is 2.14. The van der Waals surface area contributed by atoms with Gasteiger partial charge in [-0.1, -0.05) is 18.2 Å². The summed E-state index contributed by atoms with van der Waals surface area (Å²) in [4.78, 5) is 28.2. The van der Waals surface area contributed by atoms with Crippen molar-refractivity contribution in [2.24, 2.45) is 0 Å². The Balaban J connectivity index is 1.73. The number of carbonyl (C=O) groups is 2. The maximum atomic E-state index is 12.4. The van der Waals surface area contributed by atoms with Crippen LogP contribution in [-0.2, 0) is 10.0 Å². The van der Waals surface area contributed by atoms with Crippen molar-refractivity contribution in [1.29, 1.82) is 0 Å². The van der Waals surface area contributed by atoms with Gasteiger partial charge >= 0.3 is 0 Å². The molecule has 8 nitrogen and oxygen atoms in total. The van der Waals surface area contributed by atoms with Gasteiger partial charge in [0, 0.05) is 18.0 Å². The fraction of sp³-hybridized carbons (Fsp3) is 0. The van der Waals surface area contributed by atoms with E-state index in [1.54, 1.807) is 23.6 Å². The Kier molecular flexibility index (Phi) is 5.48. The van der Waals surface area contributed by atoms with E-state index < -0.39 is 21.8 Å². The van der Waals surface area contributed by atoms with Crippen molar-refractivity contribution in [3.05, 3.63) is 77.4 Å². The molecule has 3 aromatic rings. The Morgan fingerprint density at radius 3 is 2.30 bits per heavy atom. The molecule has 0 saturated heterocycles. The average molecular weight is 402 g/mol. The molecule has 0 unspecified atom stereocenters. The van der Waals surface area contributed by atoms with Crippen LogP contribution in [0.5, 0.6) is 0 Å². The van der Waals surface area contributed by atoms with Gasteiger partial charge in [-0.05, 0) is 35.7 Å². The molecular formula is C17H14N4O4S2. The third kappa shape index (κ3) is 4.49. The van der Waals surface area contributed by atoms with E-state index in [9.17, 15) is 18.0 Å². The molecule has 0 bridgehead atoms. The van der Waals surface area contributed by atoms with Crippen LogP contribution in [0, 0.1) is 0 Å². The van der Waals surface area contributed by atoms with E-state index in [-0.39, 0.29) is 15.5 Å². The van der Waals surface area contributed by atoms with Gasteiger partial charge in [-0.15, -0.1) is 11.3 Å². The number of pyridine rings is 1. The third-order valence-electron chi connectivity index (χ3n) is 3.41. The van der Waals surface area contributed by atoms with Crippen molar-refractivity contribution in [2.45, 2.75) is 4.21 Å². The van der Waals surface area contributed by atoms with Gasteiger partial charge < -0.3 is 0 Å². The number of para-hydroxylation sites is 1. The highest BCUT2D eigenvalue weighted by Crippen LogP contribution is 2.22. The molecule has 0 aliphatic rings. The van der Waals surface area contributed by atoms with E-state index in [2.05, 4.69) is 20.6 Å². The van der Waals surface area contributed by atoms with Gasteiger partial charge in [0.2, 0.25) is 0 Å². The molecule has 0 spiro atoms. The second kappa shape index (κ2) is 7.98. The minimum atomic E-state index is -3.81. The second-order valence-electron chi connectivity index (χ2n) is 5.23. The first kappa shape index (κ1) is 18.5. The molecule has 3 rings (SSSR count). The Bertz CT molecular complexity index is 1050. The number of carbonyl (C=O) groups excluding carboxylic acids is 2. The largest absolute Gasteiger partial charge is 0.278 e. The summed E-state index contributed by atoms with van der Waals surface area (Å²) in [6, 6.07) is 12.2. The smallest absolute Gasteiger partial charge is 0.271 e. The van der Waals surface area contributed by atoms with E-state index in [1.165, 1.54) is 42.7 Å². The predicted octanol–water partition coefficient (Wildman–Crippen LogP) is 2.02. The summed E-state index contributed by atoms with van der Waals surface area (Å²) in [5.74, 6) is -1.19. The van der Waals surface area contributed by atoms with Crippen molar-refractivity contribution >= 4 is 38.9 Å². The number of amides is 2. The summed E-state index contributed by atoms with van der Waals surface area (Å²) in [5, 5.41) is 1.64. The molecule has 10 heteroatoms. The van der Waals surface area contributed by atoms with Crippen molar-refractivity contribution in [3.63, 3.8) is 0 Å². The Morgan fingerprint density at radius 2 is 1.59 bits per heavy atom. The summed E-state index contributed by atoms with van der Waals surface area (Å²) in [6.45, 7) is 0. The van der Waals surface area contributed by atoms with E-state index >= 15 is 0 Å². The average Bonchev–Trinajstić information content (AvgIpc) is 3.22. The lowest BCUT2D eigenvalue weighted by molar-refractivity contribution is 0.0847. The van der Waals surface area contributed by atoms with Crippen LogP contribution in [0.2, 0.25) is 0 Å². The van der Waals surface area contributed by atoms with Crippen LogP contribution in [0.1, 0.15) is 20.7 Å². The van der Waals surface area contributed by atoms with Crippen LogP contribution in [0.25, 0.3) is 0 Å². The number of hydrogen-bond acceptors (Lipinski definition) is 6. The third-order valence-corrected chi connectivity index (χ3v) is 6.17. The van der Waals surface area contributed by atoms with Crippen molar-refractivity contribution in [3.8, 4) is 0 Å². The van der Waals surface area contributed by atoms with Crippen LogP contribution in [0.3, 0.4) is 0 Å². The number of nitrogens with zero attached hydrogens (tertiary/aromatic N) is 1. The molecule has 0 aliphatic heterocycles. The normalized spacial score (nSPS) is 10.8. The zero-order valence-electron chi connectivity index (χ0n) is 13.7. The SMILES string of the molecule is O=C(NNC(=O)c1ccccc1NS(=O)(=O)c1cccs1)c1ccncc1. The van der Waals surface area contributed by atoms with E-state index in [0.717, 1.165) is 11.3 Å². The van der Waals surface area contributed by atoms with Crippen LogP contribution in [-0.4, -0.2) is 25.2 Å². The lowest BCUT2D eigenvalue weighted by atomic mass is 10.2. The maximum absolute atomic E-state index is 12.4. The number of rotatable bonds is 5. The summed E-state index contributed by atoms with van der Waals surface area (Å²) < 4.78 is 27.3. The molecular weight excluding hydrogens is 388 g/mol. The van der Waals surface area contributed by atoms with E-state index in [1.807, 2.05) is 0 Å². The molecule has 0 aliphatic carbocycles. The Morgan fingerprint density at radius 1 is 0.889 bits per heavy atom. The monoisotopic (exact) mass is 402 g/mol. The first-order valence-corrected chi connectivity index (χ1v) is 10.00. The fourth-order valence-corrected chi connectivity index (χ4v) is 4.21. The number of aromatic nitrogens is 1. The molecule has 138 valence electrons. The number of sulfonamides is 1. The van der Waals surface area contributed by atoms with Gasteiger partial charge in [0.1, 0.15) is 4.21 Å². The molecule has 2 aromatic heterocycles. The molecule has 2 heterocycles. The number of nitrogens with one attached hydrogen (secondary N) is 3.